The summed E-state index contributed by atoms with van der Waals surface area (Å²) in [6.07, 6.45) is 8.95. The van der Waals surface area contributed by atoms with Gasteiger partial charge in [-0.3, -0.25) is 9.48 Å². The van der Waals surface area contributed by atoms with Crippen molar-refractivity contribution in [2.24, 2.45) is 0 Å². The van der Waals surface area contributed by atoms with Gasteiger partial charge in [0.15, 0.2) is 11.5 Å². The molecule has 2 aliphatic carbocycles. The van der Waals surface area contributed by atoms with E-state index in [1.807, 2.05) is 26.3 Å². The first kappa shape index (κ1) is 20.0. The Bertz CT molecular complexity index is 1480. The van der Waals surface area contributed by atoms with Crippen LogP contribution in [-0.2, 0) is 12.0 Å². The highest BCUT2D eigenvalue weighted by molar-refractivity contribution is 5.77. The summed E-state index contributed by atoms with van der Waals surface area (Å²) in [5, 5.41) is 12.2. The number of nitrogens with zero attached hydrogens (tertiary/aromatic N) is 6. The van der Waals surface area contributed by atoms with Gasteiger partial charge in [-0.15, -0.1) is 0 Å². The second-order valence-corrected chi connectivity index (χ2v) is 10.3. The molecular weight excluding hydrogens is 428 g/mol. The number of aromatic nitrogens is 6. The van der Waals surface area contributed by atoms with Gasteiger partial charge in [-0.25, -0.2) is 14.3 Å². The van der Waals surface area contributed by atoms with Gasteiger partial charge < -0.3 is 10.6 Å². The van der Waals surface area contributed by atoms with Gasteiger partial charge in [0.2, 0.25) is 5.95 Å². The van der Waals surface area contributed by atoms with E-state index in [4.69, 9.17) is 10.1 Å². The molecule has 7 rings (SSSR count). The number of hydrogen-bond acceptors (Lipinski definition) is 6. The van der Waals surface area contributed by atoms with Crippen LogP contribution < -0.4 is 16.2 Å². The molecule has 0 spiro atoms. The van der Waals surface area contributed by atoms with Gasteiger partial charge in [-0.2, -0.15) is 10.1 Å². The third-order valence-electron chi connectivity index (χ3n) is 7.24. The normalized spacial score (nSPS) is 19.4. The second kappa shape index (κ2) is 7.02. The molecule has 9 heteroatoms. The maximum absolute atomic E-state index is 13.2. The fourth-order valence-corrected chi connectivity index (χ4v) is 5.13. The van der Waals surface area contributed by atoms with Crippen LogP contribution in [0.2, 0.25) is 0 Å². The summed E-state index contributed by atoms with van der Waals surface area (Å²) >= 11 is 0. The third kappa shape index (κ3) is 3.18. The van der Waals surface area contributed by atoms with Crippen molar-refractivity contribution in [1.29, 1.82) is 0 Å². The summed E-state index contributed by atoms with van der Waals surface area (Å²) in [6, 6.07) is 9.08. The number of nitrogens with one attached hydrogen (secondary N) is 2. The van der Waals surface area contributed by atoms with Crippen LogP contribution >= 0.6 is 0 Å². The first-order valence-electron chi connectivity index (χ1n) is 12.2. The van der Waals surface area contributed by atoms with Crippen molar-refractivity contribution >= 4 is 22.7 Å². The van der Waals surface area contributed by atoms with Crippen LogP contribution in [0, 0.1) is 0 Å². The van der Waals surface area contributed by atoms with E-state index in [2.05, 4.69) is 47.7 Å². The Balaban J connectivity index is 1.30. The largest absolute Gasteiger partial charge is 0.324 e. The van der Waals surface area contributed by atoms with E-state index in [1.165, 1.54) is 11.1 Å². The fourth-order valence-electron chi connectivity index (χ4n) is 5.13. The first-order chi connectivity index (χ1) is 16.5. The lowest BCUT2D eigenvalue weighted by Crippen LogP contribution is -2.42. The average Bonchev–Trinajstić information content (AvgIpc) is 3.75. The van der Waals surface area contributed by atoms with Crippen LogP contribution in [0.5, 0.6) is 0 Å². The van der Waals surface area contributed by atoms with Gasteiger partial charge in [0, 0.05) is 29.7 Å². The molecule has 0 amide bonds. The quantitative estimate of drug-likeness (QED) is 0.477. The van der Waals surface area contributed by atoms with E-state index in [0.717, 1.165) is 50.2 Å². The molecule has 1 aliphatic heterocycles. The minimum absolute atomic E-state index is 0.0345. The monoisotopic (exact) mass is 456 g/mol. The SMILES string of the molecule is CC1(C)NCCc2cc(Nc3ncc4c(=O)n(C5CC5)n(-c5ccn(C6CC6)n5)c4n3)ccc21. The lowest BCUT2D eigenvalue weighted by molar-refractivity contribution is 0.382. The molecule has 4 heterocycles. The highest BCUT2D eigenvalue weighted by atomic mass is 16.1. The average molecular weight is 457 g/mol. The summed E-state index contributed by atoms with van der Waals surface area (Å²) < 4.78 is 5.71. The van der Waals surface area contributed by atoms with E-state index in [9.17, 15) is 4.79 Å². The predicted molar refractivity (Wildman–Crippen MR) is 130 cm³/mol. The van der Waals surface area contributed by atoms with Crippen molar-refractivity contribution < 1.29 is 0 Å². The lowest BCUT2D eigenvalue weighted by atomic mass is 9.85. The molecule has 174 valence electrons. The van der Waals surface area contributed by atoms with Gasteiger partial charge in [-0.1, -0.05) is 6.07 Å². The Morgan fingerprint density at radius 2 is 1.94 bits per heavy atom. The minimum Gasteiger partial charge on any atom is -0.324 e. The second-order valence-electron chi connectivity index (χ2n) is 10.3. The molecule has 0 atom stereocenters. The Hall–Kier alpha value is -3.46. The molecule has 0 saturated heterocycles. The van der Waals surface area contributed by atoms with Crippen molar-refractivity contribution in [1.82, 2.24) is 34.4 Å². The van der Waals surface area contributed by atoms with E-state index < -0.39 is 0 Å². The highest BCUT2D eigenvalue weighted by Crippen LogP contribution is 2.37. The molecule has 0 bridgehead atoms. The van der Waals surface area contributed by atoms with E-state index in [0.29, 0.717) is 23.0 Å². The molecule has 3 aliphatic rings. The Morgan fingerprint density at radius 3 is 2.74 bits per heavy atom. The zero-order valence-corrected chi connectivity index (χ0v) is 19.5. The topological polar surface area (TPSA) is 94.6 Å². The zero-order chi connectivity index (χ0) is 23.0. The highest BCUT2D eigenvalue weighted by Gasteiger charge is 2.32. The molecule has 2 saturated carbocycles. The molecule has 1 aromatic carbocycles. The molecule has 9 nitrogen and oxygen atoms in total. The van der Waals surface area contributed by atoms with Gasteiger partial charge in [0.25, 0.3) is 5.56 Å². The van der Waals surface area contributed by atoms with Crippen LogP contribution in [0.3, 0.4) is 0 Å². The Kier molecular flexibility index (Phi) is 4.12. The predicted octanol–water partition coefficient (Wildman–Crippen LogP) is 3.57. The summed E-state index contributed by atoms with van der Waals surface area (Å²) in [6.45, 7) is 5.38. The molecule has 2 N–H and O–H groups in total. The van der Waals surface area contributed by atoms with E-state index >= 15 is 0 Å². The third-order valence-corrected chi connectivity index (χ3v) is 7.24. The van der Waals surface area contributed by atoms with Crippen molar-refractivity contribution in [3.63, 3.8) is 0 Å². The van der Waals surface area contributed by atoms with E-state index in [1.54, 1.807) is 6.20 Å². The zero-order valence-electron chi connectivity index (χ0n) is 19.5. The number of fused-ring (bicyclic) bond motifs is 2. The van der Waals surface area contributed by atoms with Crippen LogP contribution in [0.15, 0.2) is 41.5 Å². The molecular formula is C25H28N8O. The van der Waals surface area contributed by atoms with Crippen molar-refractivity contribution in [3.05, 3.63) is 58.1 Å². The van der Waals surface area contributed by atoms with Crippen LogP contribution in [0.1, 0.15) is 62.7 Å². The van der Waals surface area contributed by atoms with Crippen LogP contribution in [0.4, 0.5) is 11.6 Å². The molecule has 2 fully saturated rings. The number of hydrogen-bond donors (Lipinski definition) is 2. The van der Waals surface area contributed by atoms with E-state index in [-0.39, 0.29) is 17.1 Å². The van der Waals surface area contributed by atoms with Gasteiger partial charge in [-0.05, 0) is 75.8 Å². The first-order valence-corrected chi connectivity index (χ1v) is 12.2. The molecule has 0 unspecified atom stereocenters. The van der Waals surface area contributed by atoms with Gasteiger partial charge in [0.05, 0.1) is 12.1 Å². The lowest BCUT2D eigenvalue weighted by Gasteiger charge is -2.34. The van der Waals surface area contributed by atoms with Gasteiger partial charge >= 0.3 is 0 Å². The molecule has 3 aromatic heterocycles. The summed E-state index contributed by atoms with van der Waals surface area (Å²) in [7, 11) is 0. The van der Waals surface area contributed by atoms with Crippen LogP contribution in [-0.4, -0.2) is 35.7 Å². The Labute approximate surface area is 196 Å². The number of rotatable bonds is 5. The summed E-state index contributed by atoms with van der Waals surface area (Å²) in [5.74, 6) is 1.21. The molecule has 4 aromatic rings. The maximum atomic E-state index is 13.2. The number of anilines is 2. The van der Waals surface area contributed by atoms with Crippen molar-refractivity contribution in [2.75, 3.05) is 11.9 Å². The molecule has 0 radical (unpaired) electrons. The summed E-state index contributed by atoms with van der Waals surface area (Å²) in [4.78, 5) is 22.5. The van der Waals surface area contributed by atoms with Crippen molar-refractivity contribution in [3.8, 4) is 5.82 Å². The summed E-state index contributed by atoms with van der Waals surface area (Å²) in [5.41, 5.74) is 4.11. The smallest absolute Gasteiger partial charge is 0.278 e. The number of benzene rings is 1. The van der Waals surface area contributed by atoms with Gasteiger partial charge in [0.1, 0.15) is 5.39 Å². The molecule has 34 heavy (non-hydrogen) atoms. The minimum atomic E-state index is -0.0477. The fraction of sp³-hybridized carbons (Fsp3) is 0.440. The van der Waals surface area contributed by atoms with Crippen LogP contribution in [0.25, 0.3) is 16.9 Å². The Morgan fingerprint density at radius 1 is 1.12 bits per heavy atom. The van der Waals surface area contributed by atoms with Crippen molar-refractivity contribution in [2.45, 2.75) is 63.6 Å². The maximum Gasteiger partial charge on any atom is 0.278 e. The standard InChI is InChI=1S/C25H28N8O/c1-25(2)20-8-3-16(13-15(20)9-11-27-25)28-24-26-14-19-22(29-24)33(32(23(19)34)18-6-7-18)21-10-12-31(30-21)17-4-5-17/h3,8,10,12-14,17-18,27H,4-7,9,11H2,1-2H3,(H,26,28,29).